The van der Waals surface area contributed by atoms with Crippen molar-refractivity contribution in [3.05, 3.63) is 0 Å². The zero-order valence-corrected chi connectivity index (χ0v) is 6.48. The number of unbranched alkanes of at least 4 members (excludes halogenated alkanes) is 1. The van der Waals surface area contributed by atoms with Crippen LogP contribution in [0.15, 0.2) is 0 Å². The molecule has 0 aromatic rings. The summed E-state index contributed by atoms with van der Waals surface area (Å²) in [5, 5.41) is 3.09. The molecule has 0 fully saturated rings. The Morgan fingerprint density at radius 2 is 2.33 bits per heavy atom. The van der Waals surface area contributed by atoms with Crippen LogP contribution in [0.25, 0.3) is 0 Å². The summed E-state index contributed by atoms with van der Waals surface area (Å²) < 4.78 is 0. The third-order valence-electron chi connectivity index (χ3n) is 1.18. The van der Waals surface area contributed by atoms with E-state index in [1.54, 1.807) is 0 Å². The van der Waals surface area contributed by atoms with Gasteiger partial charge in [-0.15, -0.1) is 0 Å². The molecule has 2 heteroatoms. The standard InChI is InChI=1S/C7H16BN/c1-3-4-5-8-6-7-9-2/h5,9H,3-4,6-7H2,1-2H3. The molecule has 0 aliphatic heterocycles. The van der Waals surface area contributed by atoms with E-state index in [-0.39, 0.29) is 0 Å². The average Bonchev–Trinajstić information content (AvgIpc) is 1.89. The maximum absolute atomic E-state index is 3.09. The second-order valence-electron chi connectivity index (χ2n) is 2.15. The first-order valence-electron chi connectivity index (χ1n) is 3.71. The van der Waals surface area contributed by atoms with Crippen LogP contribution >= 0.6 is 0 Å². The Morgan fingerprint density at radius 1 is 1.56 bits per heavy atom. The molecule has 0 aliphatic rings. The van der Waals surface area contributed by atoms with Crippen LogP contribution in [0.4, 0.5) is 0 Å². The maximum atomic E-state index is 3.09. The Hall–Kier alpha value is -0.105. The van der Waals surface area contributed by atoms with Crippen LogP contribution < -0.4 is 5.32 Å². The molecule has 1 nitrogen and oxygen atoms in total. The van der Waals surface area contributed by atoms with Crippen LogP contribution in [-0.2, 0) is 0 Å². The zero-order valence-electron chi connectivity index (χ0n) is 6.48. The van der Waals surface area contributed by atoms with Gasteiger partial charge in [-0.3, -0.25) is 0 Å². The molecule has 1 N–H and O–H groups in total. The second kappa shape index (κ2) is 7.89. The summed E-state index contributed by atoms with van der Waals surface area (Å²) in [6.07, 6.45) is 3.65. The molecule has 0 radical (unpaired) electrons. The molecule has 9 heavy (non-hydrogen) atoms. The normalized spacial score (nSPS) is 10.0. The minimum absolute atomic E-state index is 1.10. The van der Waals surface area contributed by atoms with Gasteiger partial charge in [0.2, 0.25) is 0 Å². The minimum atomic E-state index is 1.10. The summed E-state index contributed by atoms with van der Waals surface area (Å²) in [5.41, 5.74) is 0. The Labute approximate surface area is 58.8 Å². The first-order valence-corrected chi connectivity index (χ1v) is 3.71. The van der Waals surface area contributed by atoms with Gasteiger partial charge in [-0.1, -0.05) is 0 Å². The molecule has 0 unspecified atom stereocenters. The van der Waals surface area contributed by atoms with Crippen LogP contribution in [0.3, 0.4) is 0 Å². The first kappa shape index (κ1) is 8.89. The van der Waals surface area contributed by atoms with E-state index in [1.807, 2.05) is 7.05 Å². The SMILES string of the molecule is CCCC=BCCNC. The Morgan fingerprint density at radius 3 is 2.89 bits per heavy atom. The van der Waals surface area contributed by atoms with E-state index in [0.29, 0.717) is 0 Å². The van der Waals surface area contributed by atoms with Gasteiger partial charge in [0.25, 0.3) is 0 Å². The Kier molecular flexibility index (Phi) is 7.80. The summed E-state index contributed by atoms with van der Waals surface area (Å²) in [7, 11) is 1.98. The van der Waals surface area contributed by atoms with E-state index < -0.39 is 0 Å². The third kappa shape index (κ3) is 7.89. The predicted octanol–water partition coefficient (Wildman–Crippen LogP) is 0.931. The Bertz CT molecular complexity index is 71.3. The average molecular weight is 125 g/mol. The van der Waals surface area contributed by atoms with Crippen molar-refractivity contribution in [1.82, 2.24) is 5.32 Å². The van der Waals surface area contributed by atoms with Gasteiger partial charge in [0.15, 0.2) is 0 Å². The van der Waals surface area contributed by atoms with Gasteiger partial charge in [-0.2, -0.15) is 0 Å². The fourth-order valence-electron chi connectivity index (χ4n) is 0.630. The Balaban J connectivity index is 2.86. The van der Waals surface area contributed by atoms with Gasteiger partial charge in [-0.25, -0.2) is 0 Å². The van der Waals surface area contributed by atoms with E-state index in [1.165, 1.54) is 12.8 Å². The molecule has 52 valence electrons. The van der Waals surface area contributed by atoms with Crippen LogP contribution in [0.2, 0.25) is 6.32 Å². The van der Waals surface area contributed by atoms with Crippen molar-refractivity contribution in [3.8, 4) is 0 Å². The van der Waals surface area contributed by atoms with Gasteiger partial charge in [0.05, 0.1) is 0 Å². The van der Waals surface area contributed by atoms with E-state index >= 15 is 0 Å². The number of rotatable bonds is 5. The molecular weight excluding hydrogens is 109 g/mol. The van der Waals surface area contributed by atoms with Gasteiger partial charge >= 0.3 is 57.9 Å². The van der Waals surface area contributed by atoms with Gasteiger partial charge in [-0.05, 0) is 0 Å². The van der Waals surface area contributed by atoms with Gasteiger partial charge in [0.1, 0.15) is 0 Å². The molecule has 0 aromatic carbocycles. The van der Waals surface area contributed by atoms with E-state index in [2.05, 4.69) is 25.1 Å². The molecule has 0 rings (SSSR count). The van der Waals surface area contributed by atoms with Crippen LogP contribution in [0.1, 0.15) is 19.8 Å². The van der Waals surface area contributed by atoms with Crippen LogP contribution in [0.5, 0.6) is 0 Å². The number of nitrogens with one attached hydrogen (secondary N) is 1. The van der Waals surface area contributed by atoms with Crippen LogP contribution in [0, 0.1) is 0 Å². The van der Waals surface area contributed by atoms with Crippen molar-refractivity contribution in [2.24, 2.45) is 0 Å². The molecule has 0 spiro atoms. The van der Waals surface area contributed by atoms with E-state index in [4.69, 9.17) is 0 Å². The van der Waals surface area contributed by atoms with Crippen molar-refractivity contribution >= 4 is 12.9 Å². The van der Waals surface area contributed by atoms with Crippen molar-refractivity contribution in [2.45, 2.75) is 26.1 Å². The van der Waals surface area contributed by atoms with Crippen molar-refractivity contribution in [2.75, 3.05) is 13.6 Å². The molecule has 0 atom stereocenters. The van der Waals surface area contributed by atoms with Gasteiger partial charge < -0.3 is 0 Å². The molecule has 0 heterocycles. The molecule has 0 saturated heterocycles. The molecule has 0 aromatic heterocycles. The fraction of sp³-hybridized carbons (Fsp3) is 0.857. The van der Waals surface area contributed by atoms with Gasteiger partial charge in [0, 0.05) is 0 Å². The topological polar surface area (TPSA) is 12.0 Å². The molecule has 0 aliphatic carbocycles. The summed E-state index contributed by atoms with van der Waals surface area (Å²) in [4.78, 5) is 0. The molecular formula is C7H16BN. The monoisotopic (exact) mass is 125 g/mol. The van der Waals surface area contributed by atoms with Crippen molar-refractivity contribution in [1.29, 1.82) is 0 Å². The zero-order chi connectivity index (χ0) is 6.95. The van der Waals surface area contributed by atoms with Crippen LogP contribution in [-0.4, -0.2) is 26.5 Å². The van der Waals surface area contributed by atoms with E-state index in [0.717, 1.165) is 12.9 Å². The number of hydrogen-bond acceptors (Lipinski definition) is 1. The van der Waals surface area contributed by atoms with Crippen molar-refractivity contribution < 1.29 is 0 Å². The molecule has 0 amide bonds. The number of hydrogen-bond donors (Lipinski definition) is 1. The van der Waals surface area contributed by atoms with E-state index in [9.17, 15) is 0 Å². The summed E-state index contributed by atoms with van der Waals surface area (Å²) >= 11 is 0. The predicted molar refractivity (Wildman–Crippen MR) is 45.5 cm³/mol. The quantitative estimate of drug-likeness (QED) is 0.425. The molecule has 0 bridgehead atoms. The van der Waals surface area contributed by atoms with Crippen molar-refractivity contribution in [3.63, 3.8) is 0 Å². The summed E-state index contributed by atoms with van der Waals surface area (Å²) in [6, 6.07) is 0. The summed E-state index contributed by atoms with van der Waals surface area (Å²) in [5.74, 6) is 2.25. The molecule has 0 saturated carbocycles. The first-order chi connectivity index (χ1) is 4.41. The third-order valence-corrected chi connectivity index (χ3v) is 1.18. The second-order valence-corrected chi connectivity index (χ2v) is 2.15. The fourth-order valence-corrected chi connectivity index (χ4v) is 0.630. The summed E-state index contributed by atoms with van der Waals surface area (Å²) in [6.45, 7) is 5.53.